The average molecular weight is 352 g/mol. The Kier molecular flexibility index (Phi) is 5.51. The Morgan fingerprint density at radius 3 is 2.71 bits per heavy atom. The molecule has 1 fully saturated rings. The first-order chi connectivity index (χ1) is 7.93. The lowest BCUT2D eigenvalue weighted by Crippen LogP contribution is -2.45. The maximum Gasteiger partial charge on any atom is 0.239 e. The third kappa shape index (κ3) is 4.34. The Labute approximate surface area is 115 Å². The zero-order valence-corrected chi connectivity index (χ0v) is 12.1. The number of carbonyl (C=O) groups is 3. The first-order valence-corrected chi connectivity index (χ1v) is 6.60. The molecule has 1 rings (SSSR count). The molecule has 2 atom stereocenters. The molecule has 0 aromatic rings. The van der Waals surface area contributed by atoms with E-state index in [0.29, 0.717) is 18.9 Å². The van der Waals surface area contributed by atoms with Gasteiger partial charge in [-0.1, -0.05) is 13.8 Å². The zero-order valence-electron chi connectivity index (χ0n) is 9.98. The minimum Gasteiger partial charge on any atom is -0.345 e. The van der Waals surface area contributed by atoms with Gasteiger partial charge in [0.05, 0.1) is 12.6 Å². The number of nitrogens with zero attached hydrogens (tertiary/aromatic N) is 1. The Bertz CT molecular complexity index is 320. The predicted octanol–water partition coefficient (Wildman–Crippen LogP) is 0.710. The summed E-state index contributed by atoms with van der Waals surface area (Å²) in [5.74, 6) is 0.167. The lowest BCUT2D eigenvalue weighted by atomic mass is 10.0. The summed E-state index contributed by atoms with van der Waals surface area (Å²) in [5.41, 5.74) is 0. The Balaban J connectivity index is 2.52. The van der Waals surface area contributed by atoms with Crippen LogP contribution in [0.15, 0.2) is 0 Å². The molecule has 1 N–H and O–H groups in total. The number of nitrogens with one attached hydrogen (secondary N) is 1. The molecule has 96 valence electrons. The van der Waals surface area contributed by atoms with Crippen molar-refractivity contribution < 1.29 is 14.4 Å². The summed E-state index contributed by atoms with van der Waals surface area (Å²) in [6.45, 7) is 4.29. The number of hydrogen-bond donors (Lipinski definition) is 1. The topological polar surface area (TPSA) is 66.5 Å². The Morgan fingerprint density at radius 2 is 2.29 bits per heavy atom. The van der Waals surface area contributed by atoms with Crippen LogP contribution in [0.2, 0.25) is 0 Å². The van der Waals surface area contributed by atoms with Gasteiger partial charge >= 0.3 is 0 Å². The van der Waals surface area contributed by atoms with Gasteiger partial charge in [0.25, 0.3) is 0 Å². The molecule has 0 bridgehead atoms. The smallest absolute Gasteiger partial charge is 0.239 e. The quantitative estimate of drug-likeness (QED) is 0.450. The normalized spacial score (nSPS) is 22.8. The maximum atomic E-state index is 11.9. The van der Waals surface area contributed by atoms with Gasteiger partial charge in [-0.2, -0.15) is 0 Å². The van der Waals surface area contributed by atoms with Gasteiger partial charge in [0.1, 0.15) is 18.1 Å². The molecule has 0 aliphatic carbocycles. The lowest BCUT2D eigenvalue weighted by molar-refractivity contribution is -0.127. The molecule has 6 heteroatoms. The van der Waals surface area contributed by atoms with Gasteiger partial charge in [-0.05, 0) is 12.3 Å². The van der Waals surface area contributed by atoms with Crippen molar-refractivity contribution in [3.05, 3.63) is 0 Å². The van der Waals surface area contributed by atoms with Crippen molar-refractivity contribution in [2.45, 2.75) is 38.8 Å². The Morgan fingerprint density at radius 1 is 1.65 bits per heavy atom. The van der Waals surface area contributed by atoms with Gasteiger partial charge in [-0.15, -0.1) is 0 Å². The van der Waals surface area contributed by atoms with Crippen LogP contribution in [0.3, 0.4) is 0 Å². The van der Waals surface area contributed by atoms with Crippen molar-refractivity contribution in [1.29, 1.82) is 0 Å². The van der Waals surface area contributed by atoms with Crippen LogP contribution in [-0.2, 0) is 14.4 Å². The molecular formula is C11H17IN2O3. The SMILES string of the molecule is CC(C)C[C@@H](C=O)NC(=O)[C@@H]1CC(=O)CN1I. The van der Waals surface area contributed by atoms with Crippen molar-refractivity contribution in [2.24, 2.45) is 5.92 Å². The number of ketones is 1. The second kappa shape index (κ2) is 6.44. The number of carbonyl (C=O) groups excluding carboxylic acids is 3. The molecular weight excluding hydrogens is 335 g/mol. The molecule has 0 saturated carbocycles. The Hall–Kier alpha value is -0.500. The molecule has 1 heterocycles. The van der Waals surface area contributed by atoms with Crippen LogP contribution in [0.25, 0.3) is 0 Å². The van der Waals surface area contributed by atoms with Crippen LogP contribution in [-0.4, -0.2) is 39.7 Å². The summed E-state index contributed by atoms with van der Waals surface area (Å²) in [4.78, 5) is 33.9. The molecule has 1 aliphatic rings. The first kappa shape index (κ1) is 14.6. The fourth-order valence-corrected chi connectivity index (χ4v) is 2.64. The molecule has 0 radical (unpaired) electrons. The summed E-state index contributed by atoms with van der Waals surface area (Å²) in [6, 6.07) is -0.888. The third-order valence-electron chi connectivity index (χ3n) is 2.61. The fourth-order valence-electron chi connectivity index (χ4n) is 1.81. The van der Waals surface area contributed by atoms with Crippen LogP contribution < -0.4 is 5.32 Å². The van der Waals surface area contributed by atoms with E-state index in [9.17, 15) is 14.4 Å². The van der Waals surface area contributed by atoms with E-state index in [2.05, 4.69) is 5.32 Å². The number of rotatable bonds is 5. The molecule has 17 heavy (non-hydrogen) atoms. The minimum atomic E-state index is -0.456. The highest BCUT2D eigenvalue weighted by Gasteiger charge is 2.35. The van der Waals surface area contributed by atoms with Crippen LogP contribution in [0.5, 0.6) is 0 Å². The maximum absolute atomic E-state index is 11.9. The van der Waals surface area contributed by atoms with Crippen molar-refractivity contribution in [3.63, 3.8) is 0 Å². The molecule has 0 aromatic carbocycles. The number of hydrogen-bond acceptors (Lipinski definition) is 4. The van der Waals surface area contributed by atoms with E-state index in [0.717, 1.165) is 6.29 Å². The van der Waals surface area contributed by atoms with E-state index in [1.165, 1.54) is 0 Å². The highest BCUT2D eigenvalue weighted by Crippen LogP contribution is 2.19. The van der Waals surface area contributed by atoms with Gasteiger partial charge in [-0.25, -0.2) is 3.11 Å². The summed E-state index contributed by atoms with van der Waals surface area (Å²) < 4.78 is 1.69. The van der Waals surface area contributed by atoms with Crippen molar-refractivity contribution in [3.8, 4) is 0 Å². The van der Waals surface area contributed by atoms with Crippen LogP contribution in [0.1, 0.15) is 26.7 Å². The monoisotopic (exact) mass is 352 g/mol. The van der Waals surface area contributed by atoms with Gasteiger partial charge in [0.15, 0.2) is 0 Å². The van der Waals surface area contributed by atoms with Gasteiger partial charge < -0.3 is 10.1 Å². The molecule has 0 aromatic heterocycles. The van der Waals surface area contributed by atoms with Crippen molar-refractivity contribution >= 4 is 40.8 Å². The summed E-state index contributed by atoms with van der Waals surface area (Å²) in [6.07, 6.45) is 1.62. The molecule has 0 unspecified atom stereocenters. The van der Waals surface area contributed by atoms with E-state index in [1.807, 2.05) is 36.7 Å². The lowest BCUT2D eigenvalue weighted by Gasteiger charge is -2.20. The molecule has 1 amide bonds. The molecule has 1 saturated heterocycles. The zero-order chi connectivity index (χ0) is 13.0. The van der Waals surface area contributed by atoms with Crippen LogP contribution in [0, 0.1) is 5.92 Å². The highest BCUT2D eigenvalue weighted by molar-refractivity contribution is 14.1. The third-order valence-corrected chi connectivity index (χ3v) is 3.62. The second-order valence-corrected chi connectivity index (χ2v) is 5.94. The van der Waals surface area contributed by atoms with Gasteiger partial charge in [0, 0.05) is 29.3 Å². The molecule has 1 aliphatic heterocycles. The van der Waals surface area contributed by atoms with E-state index in [-0.39, 0.29) is 18.1 Å². The largest absolute Gasteiger partial charge is 0.345 e. The number of amides is 1. The second-order valence-electron chi connectivity index (χ2n) is 4.70. The molecule has 5 nitrogen and oxygen atoms in total. The van der Waals surface area contributed by atoms with Crippen molar-refractivity contribution in [1.82, 2.24) is 8.43 Å². The van der Waals surface area contributed by atoms with E-state index >= 15 is 0 Å². The van der Waals surface area contributed by atoms with Crippen LogP contribution in [0.4, 0.5) is 0 Å². The van der Waals surface area contributed by atoms with Gasteiger partial charge in [-0.3, -0.25) is 9.59 Å². The molecule has 0 spiro atoms. The number of aldehydes is 1. The summed E-state index contributed by atoms with van der Waals surface area (Å²) in [7, 11) is 0. The summed E-state index contributed by atoms with van der Waals surface area (Å²) >= 11 is 1.97. The van der Waals surface area contributed by atoms with E-state index < -0.39 is 12.1 Å². The average Bonchev–Trinajstić information content (AvgIpc) is 2.56. The highest BCUT2D eigenvalue weighted by atomic mass is 127. The summed E-state index contributed by atoms with van der Waals surface area (Å²) in [5, 5.41) is 2.69. The predicted molar refractivity (Wildman–Crippen MR) is 71.6 cm³/mol. The van der Waals surface area contributed by atoms with Gasteiger partial charge in [0.2, 0.25) is 5.91 Å². The fraction of sp³-hybridized carbons (Fsp3) is 0.727. The first-order valence-electron chi connectivity index (χ1n) is 5.63. The van der Waals surface area contributed by atoms with E-state index in [1.54, 1.807) is 3.11 Å². The minimum absolute atomic E-state index is 0.0612. The van der Waals surface area contributed by atoms with Crippen molar-refractivity contribution in [2.75, 3.05) is 6.54 Å². The standard InChI is InChI=1S/C11H17IN2O3/c1-7(2)3-8(6-15)13-11(17)10-4-9(16)5-14(10)12/h6-8,10H,3-5H2,1-2H3,(H,13,17)/t8-,10-/m0/s1. The number of halogens is 1. The van der Waals surface area contributed by atoms with Crippen LogP contribution >= 0.6 is 22.9 Å². The number of Topliss-reactive ketones (excluding diaryl/α,β-unsaturated/α-hetero) is 1. The van der Waals surface area contributed by atoms with E-state index in [4.69, 9.17) is 0 Å².